The predicted octanol–water partition coefficient (Wildman–Crippen LogP) is -0.682. The molecule has 2 unspecified atom stereocenters. The molecule has 2 rings (SSSR count). The van der Waals surface area contributed by atoms with E-state index in [2.05, 4.69) is 5.32 Å². The van der Waals surface area contributed by atoms with Crippen LogP contribution in [0, 0.1) is 11.8 Å². The van der Waals surface area contributed by atoms with E-state index in [4.69, 9.17) is 5.73 Å². The van der Waals surface area contributed by atoms with Crippen molar-refractivity contribution in [2.45, 2.75) is 25.3 Å². The number of amides is 2. The van der Waals surface area contributed by atoms with Crippen molar-refractivity contribution in [3.8, 4) is 0 Å². The van der Waals surface area contributed by atoms with E-state index in [1.165, 1.54) is 0 Å². The minimum Gasteiger partial charge on any atom is -0.352 e. The summed E-state index contributed by atoms with van der Waals surface area (Å²) < 4.78 is 0. The van der Waals surface area contributed by atoms with Gasteiger partial charge in [-0.3, -0.25) is 9.59 Å². The van der Waals surface area contributed by atoms with Crippen molar-refractivity contribution in [2.75, 3.05) is 20.1 Å². The van der Waals surface area contributed by atoms with Crippen LogP contribution in [0.3, 0.4) is 0 Å². The zero-order valence-electron chi connectivity index (χ0n) is 9.61. The Balaban J connectivity index is 1.85. The number of likely N-dealkylation sites (tertiary alicyclic amines) is 1. The van der Waals surface area contributed by atoms with Crippen LogP contribution in [0.25, 0.3) is 0 Å². The summed E-state index contributed by atoms with van der Waals surface area (Å²) in [6, 6.07) is 0.105. The molecule has 1 saturated carbocycles. The Morgan fingerprint density at radius 3 is 2.75 bits per heavy atom. The van der Waals surface area contributed by atoms with E-state index in [9.17, 15) is 9.59 Å². The lowest BCUT2D eigenvalue weighted by molar-refractivity contribution is -0.128. The second-order valence-electron chi connectivity index (χ2n) is 4.86. The number of carbonyl (C=O) groups is 2. The zero-order chi connectivity index (χ0) is 11.7. The van der Waals surface area contributed by atoms with Crippen LogP contribution >= 0.6 is 0 Å². The molecule has 0 spiro atoms. The molecule has 0 aromatic carbocycles. The van der Waals surface area contributed by atoms with E-state index in [-0.39, 0.29) is 23.8 Å². The number of nitrogens with zero attached hydrogens (tertiary/aromatic N) is 1. The van der Waals surface area contributed by atoms with Crippen LogP contribution in [-0.4, -0.2) is 42.9 Å². The van der Waals surface area contributed by atoms with Crippen LogP contribution in [0.5, 0.6) is 0 Å². The van der Waals surface area contributed by atoms with Crippen molar-refractivity contribution in [2.24, 2.45) is 17.6 Å². The number of nitrogens with two attached hydrogens (primary N) is 1. The Labute approximate surface area is 95.3 Å². The van der Waals surface area contributed by atoms with Gasteiger partial charge in [-0.2, -0.15) is 0 Å². The molecule has 1 aliphatic heterocycles. The van der Waals surface area contributed by atoms with Crippen LogP contribution in [-0.2, 0) is 9.59 Å². The van der Waals surface area contributed by atoms with Crippen molar-refractivity contribution < 1.29 is 9.59 Å². The van der Waals surface area contributed by atoms with Gasteiger partial charge in [0.2, 0.25) is 11.8 Å². The Morgan fingerprint density at radius 1 is 1.62 bits per heavy atom. The topological polar surface area (TPSA) is 75.4 Å². The third-order valence-electron chi connectivity index (χ3n) is 3.48. The number of hydrogen-bond donors (Lipinski definition) is 2. The Morgan fingerprint density at radius 2 is 2.31 bits per heavy atom. The molecule has 2 fully saturated rings. The molecule has 1 saturated heterocycles. The zero-order valence-corrected chi connectivity index (χ0v) is 9.61. The van der Waals surface area contributed by atoms with Gasteiger partial charge in [-0.15, -0.1) is 0 Å². The molecule has 1 heterocycles. The molecule has 90 valence electrons. The molecule has 0 bridgehead atoms. The van der Waals surface area contributed by atoms with Gasteiger partial charge >= 0.3 is 0 Å². The summed E-state index contributed by atoms with van der Waals surface area (Å²) in [7, 11) is 1.73. The minimum absolute atomic E-state index is 0.0138. The molecule has 16 heavy (non-hydrogen) atoms. The van der Waals surface area contributed by atoms with E-state index in [1.807, 2.05) is 0 Å². The van der Waals surface area contributed by atoms with Crippen LogP contribution in [0.4, 0.5) is 0 Å². The van der Waals surface area contributed by atoms with Gasteiger partial charge < -0.3 is 16.0 Å². The maximum atomic E-state index is 11.9. The second kappa shape index (κ2) is 4.41. The number of rotatable bonds is 4. The van der Waals surface area contributed by atoms with Crippen molar-refractivity contribution >= 4 is 11.8 Å². The molecule has 0 aromatic heterocycles. The Kier molecular flexibility index (Phi) is 3.14. The van der Waals surface area contributed by atoms with Gasteiger partial charge in [0.25, 0.3) is 0 Å². The minimum atomic E-state index is -0.190. The summed E-state index contributed by atoms with van der Waals surface area (Å²) >= 11 is 0. The molecule has 0 aromatic rings. The van der Waals surface area contributed by atoms with E-state index < -0.39 is 0 Å². The highest BCUT2D eigenvalue weighted by molar-refractivity contribution is 5.89. The fourth-order valence-electron chi connectivity index (χ4n) is 2.21. The first-order chi connectivity index (χ1) is 7.61. The third-order valence-corrected chi connectivity index (χ3v) is 3.48. The van der Waals surface area contributed by atoms with E-state index in [1.54, 1.807) is 11.9 Å². The number of hydrogen-bond acceptors (Lipinski definition) is 3. The van der Waals surface area contributed by atoms with E-state index in [0.717, 1.165) is 12.8 Å². The van der Waals surface area contributed by atoms with Crippen LogP contribution in [0.2, 0.25) is 0 Å². The summed E-state index contributed by atoms with van der Waals surface area (Å²) in [6.07, 6.45) is 2.65. The fourth-order valence-corrected chi connectivity index (χ4v) is 2.21. The molecular weight excluding hydrogens is 206 g/mol. The first-order valence-electron chi connectivity index (χ1n) is 5.86. The predicted molar refractivity (Wildman–Crippen MR) is 59.5 cm³/mol. The largest absolute Gasteiger partial charge is 0.352 e. The highest BCUT2D eigenvalue weighted by atomic mass is 16.2. The number of carbonyl (C=O) groups excluding carboxylic acids is 2. The fraction of sp³-hybridized carbons (Fsp3) is 0.818. The first kappa shape index (κ1) is 11.4. The summed E-state index contributed by atoms with van der Waals surface area (Å²) in [5, 5.41) is 2.97. The number of nitrogens with one attached hydrogen (secondary N) is 1. The summed E-state index contributed by atoms with van der Waals surface area (Å²) in [6.45, 7) is 1.03. The highest BCUT2D eigenvalue weighted by Crippen LogP contribution is 2.32. The molecule has 5 nitrogen and oxygen atoms in total. The summed E-state index contributed by atoms with van der Waals surface area (Å²) in [5.74, 6) is 0.407. The standard InChI is InChI=1S/C11H19N3O2/c1-14-6-8(4-10(14)15)11(16)13-9(5-12)7-2-3-7/h7-9H,2-6,12H2,1H3,(H,13,16). The summed E-state index contributed by atoms with van der Waals surface area (Å²) in [4.78, 5) is 24.8. The Hall–Kier alpha value is -1.10. The van der Waals surface area contributed by atoms with Crippen LogP contribution in [0.15, 0.2) is 0 Å². The van der Waals surface area contributed by atoms with Gasteiger partial charge in [0, 0.05) is 32.6 Å². The van der Waals surface area contributed by atoms with E-state index in [0.29, 0.717) is 25.4 Å². The first-order valence-corrected chi connectivity index (χ1v) is 5.86. The average Bonchev–Trinajstić information content (AvgIpc) is 3.03. The quantitative estimate of drug-likeness (QED) is 0.665. The molecule has 3 N–H and O–H groups in total. The van der Waals surface area contributed by atoms with Crippen LogP contribution < -0.4 is 11.1 Å². The summed E-state index contributed by atoms with van der Waals surface area (Å²) in [5.41, 5.74) is 5.62. The van der Waals surface area contributed by atoms with Crippen LogP contribution in [0.1, 0.15) is 19.3 Å². The molecule has 2 aliphatic rings. The molecule has 5 heteroatoms. The van der Waals surface area contributed by atoms with Crippen molar-refractivity contribution in [1.29, 1.82) is 0 Å². The maximum Gasteiger partial charge on any atom is 0.225 e. The average molecular weight is 225 g/mol. The third kappa shape index (κ3) is 2.35. The van der Waals surface area contributed by atoms with Gasteiger partial charge in [0.05, 0.1) is 5.92 Å². The maximum absolute atomic E-state index is 11.9. The lowest BCUT2D eigenvalue weighted by atomic mass is 10.1. The SMILES string of the molecule is CN1CC(C(=O)NC(CN)C2CC2)CC1=O. The monoisotopic (exact) mass is 225 g/mol. The normalized spacial score (nSPS) is 27.0. The highest BCUT2D eigenvalue weighted by Gasteiger charge is 2.36. The second-order valence-corrected chi connectivity index (χ2v) is 4.86. The van der Waals surface area contributed by atoms with Gasteiger partial charge in [-0.1, -0.05) is 0 Å². The lowest BCUT2D eigenvalue weighted by Crippen LogP contribution is -2.44. The van der Waals surface area contributed by atoms with Gasteiger partial charge in [0.15, 0.2) is 0 Å². The molecular formula is C11H19N3O2. The van der Waals surface area contributed by atoms with Crippen molar-refractivity contribution in [3.05, 3.63) is 0 Å². The lowest BCUT2D eigenvalue weighted by Gasteiger charge is -2.18. The smallest absolute Gasteiger partial charge is 0.225 e. The molecule has 0 radical (unpaired) electrons. The van der Waals surface area contributed by atoms with Gasteiger partial charge in [0.1, 0.15) is 0 Å². The molecule has 2 atom stereocenters. The van der Waals surface area contributed by atoms with Crippen molar-refractivity contribution in [1.82, 2.24) is 10.2 Å². The van der Waals surface area contributed by atoms with Crippen molar-refractivity contribution in [3.63, 3.8) is 0 Å². The Bertz CT molecular complexity index is 302. The van der Waals surface area contributed by atoms with E-state index >= 15 is 0 Å². The molecule has 2 amide bonds. The van der Waals surface area contributed by atoms with Gasteiger partial charge in [-0.05, 0) is 18.8 Å². The van der Waals surface area contributed by atoms with Gasteiger partial charge in [-0.25, -0.2) is 0 Å². The molecule has 1 aliphatic carbocycles.